The lowest BCUT2D eigenvalue weighted by Crippen LogP contribution is -2.31. The predicted octanol–water partition coefficient (Wildman–Crippen LogP) is 0.813. The van der Waals surface area contributed by atoms with Gasteiger partial charge in [0, 0.05) is 0 Å². The highest BCUT2D eigenvalue weighted by Crippen LogP contribution is 2.21. The summed E-state index contributed by atoms with van der Waals surface area (Å²) in [6, 6.07) is 16.5. The van der Waals surface area contributed by atoms with Gasteiger partial charge in [-0.2, -0.15) is 5.10 Å². The number of anilines is 1. The third kappa shape index (κ3) is 5.39. The quantitative estimate of drug-likeness (QED) is 0.353. The number of nitrogens with one attached hydrogen (secondary N) is 4. The van der Waals surface area contributed by atoms with Crippen molar-refractivity contribution in [1.29, 1.82) is 0 Å². The lowest BCUT2D eigenvalue weighted by molar-refractivity contribution is -0.119. The Balaban J connectivity index is 1.52. The molecule has 28 heavy (non-hydrogen) atoms. The van der Waals surface area contributed by atoms with Gasteiger partial charge in [-0.05, 0) is 29.8 Å². The summed E-state index contributed by atoms with van der Waals surface area (Å²) >= 11 is 0. The molecule has 1 aromatic heterocycles. The van der Waals surface area contributed by atoms with Crippen molar-refractivity contribution in [2.45, 2.75) is 0 Å². The fourth-order valence-electron chi connectivity index (χ4n) is 2.13. The summed E-state index contributed by atoms with van der Waals surface area (Å²) in [4.78, 5) is 36.1. The fourth-order valence-corrected chi connectivity index (χ4v) is 2.13. The molecule has 0 radical (unpaired) electrons. The van der Waals surface area contributed by atoms with Crippen LogP contribution in [-0.4, -0.2) is 33.8 Å². The van der Waals surface area contributed by atoms with Crippen molar-refractivity contribution in [2.75, 3.05) is 11.9 Å². The van der Waals surface area contributed by atoms with E-state index in [1.807, 2.05) is 41.4 Å². The molecule has 2 aromatic carbocycles. The van der Waals surface area contributed by atoms with Gasteiger partial charge in [-0.25, -0.2) is 15.3 Å². The standard InChI is InChI=1S/C18H16N6O4/c25-15(11-19-16-17(26)21-18(27)24-23-16)22-20-10-12-5-4-8-14(9-12)28-13-6-2-1-3-7-13/h1-10H,11H2,(H,19,23)(H,22,25)(H2,21,24,26,27)/b20-10+. The summed E-state index contributed by atoms with van der Waals surface area (Å²) in [6.07, 6.45) is 1.46. The number of benzene rings is 2. The molecule has 0 aliphatic heterocycles. The molecule has 0 fully saturated rings. The number of hydrogen-bond acceptors (Lipinski definition) is 7. The van der Waals surface area contributed by atoms with E-state index < -0.39 is 17.2 Å². The molecule has 0 spiro atoms. The number of carbonyl (C=O) groups excluding carboxylic acids is 1. The van der Waals surface area contributed by atoms with E-state index in [1.54, 1.807) is 18.2 Å². The Morgan fingerprint density at radius 1 is 1.11 bits per heavy atom. The molecule has 1 heterocycles. The van der Waals surface area contributed by atoms with Gasteiger partial charge in [0.15, 0.2) is 0 Å². The maximum atomic E-state index is 11.8. The molecule has 0 saturated carbocycles. The molecule has 142 valence electrons. The van der Waals surface area contributed by atoms with E-state index in [9.17, 15) is 14.4 Å². The van der Waals surface area contributed by atoms with Crippen LogP contribution in [0.5, 0.6) is 11.5 Å². The molecule has 0 atom stereocenters. The molecule has 3 rings (SSSR count). The van der Waals surface area contributed by atoms with Crippen LogP contribution in [0.4, 0.5) is 5.82 Å². The van der Waals surface area contributed by atoms with Gasteiger partial charge >= 0.3 is 5.69 Å². The van der Waals surface area contributed by atoms with Crippen molar-refractivity contribution in [3.8, 4) is 11.5 Å². The van der Waals surface area contributed by atoms with E-state index in [2.05, 4.69) is 26.0 Å². The second-order valence-corrected chi connectivity index (χ2v) is 5.49. The van der Waals surface area contributed by atoms with Crippen LogP contribution in [0.25, 0.3) is 0 Å². The minimum atomic E-state index is -0.733. The van der Waals surface area contributed by atoms with E-state index in [0.29, 0.717) is 11.5 Å². The topological polar surface area (TPSA) is 141 Å². The summed E-state index contributed by atoms with van der Waals surface area (Å²) < 4.78 is 5.73. The molecule has 1 amide bonds. The van der Waals surface area contributed by atoms with Crippen molar-refractivity contribution < 1.29 is 9.53 Å². The molecular formula is C18H16N6O4. The van der Waals surface area contributed by atoms with Crippen LogP contribution in [0.15, 0.2) is 69.3 Å². The average Bonchev–Trinajstić information content (AvgIpc) is 2.68. The van der Waals surface area contributed by atoms with E-state index in [4.69, 9.17) is 4.74 Å². The number of hydrazone groups is 1. The van der Waals surface area contributed by atoms with Gasteiger partial charge in [0.1, 0.15) is 11.5 Å². The number of nitrogens with zero attached hydrogens (tertiary/aromatic N) is 2. The number of amides is 1. The first-order valence-electron chi connectivity index (χ1n) is 8.18. The lowest BCUT2D eigenvalue weighted by Gasteiger charge is -2.06. The zero-order chi connectivity index (χ0) is 19.8. The highest BCUT2D eigenvalue weighted by atomic mass is 16.5. The Hall–Kier alpha value is -4.21. The first-order valence-corrected chi connectivity index (χ1v) is 8.18. The third-order valence-corrected chi connectivity index (χ3v) is 3.37. The number of aromatic amines is 2. The van der Waals surface area contributed by atoms with E-state index in [-0.39, 0.29) is 12.4 Å². The molecule has 0 saturated heterocycles. The first-order chi connectivity index (χ1) is 13.6. The normalized spacial score (nSPS) is 10.6. The molecule has 10 nitrogen and oxygen atoms in total. The largest absolute Gasteiger partial charge is 0.457 e. The van der Waals surface area contributed by atoms with Crippen molar-refractivity contribution >= 4 is 17.9 Å². The smallest absolute Gasteiger partial charge is 0.342 e. The van der Waals surface area contributed by atoms with Crippen LogP contribution in [0.3, 0.4) is 0 Å². The summed E-state index contributed by atoms with van der Waals surface area (Å²) in [7, 11) is 0. The van der Waals surface area contributed by atoms with E-state index >= 15 is 0 Å². The Labute approximate surface area is 158 Å². The monoisotopic (exact) mass is 380 g/mol. The van der Waals surface area contributed by atoms with Crippen LogP contribution in [0, 0.1) is 0 Å². The van der Waals surface area contributed by atoms with Crippen LogP contribution in [0.2, 0.25) is 0 Å². The van der Waals surface area contributed by atoms with Crippen molar-refractivity contribution in [3.05, 3.63) is 81.0 Å². The van der Waals surface area contributed by atoms with Crippen LogP contribution >= 0.6 is 0 Å². The molecule has 10 heteroatoms. The molecule has 0 aliphatic carbocycles. The van der Waals surface area contributed by atoms with Gasteiger partial charge < -0.3 is 10.1 Å². The zero-order valence-corrected chi connectivity index (χ0v) is 14.5. The summed E-state index contributed by atoms with van der Waals surface area (Å²) in [5.41, 5.74) is 1.58. The minimum absolute atomic E-state index is 0.176. The van der Waals surface area contributed by atoms with E-state index in [0.717, 1.165) is 5.56 Å². The number of rotatable bonds is 7. The molecule has 3 aromatic rings. The summed E-state index contributed by atoms with van der Waals surface area (Å²) in [5, 5.41) is 11.9. The maximum absolute atomic E-state index is 11.8. The van der Waals surface area contributed by atoms with Crippen LogP contribution < -0.4 is 26.7 Å². The van der Waals surface area contributed by atoms with Crippen LogP contribution in [0.1, 0.15) is 5.56 Å². The number of hydrogen-bond donors (Lipinski definition) is 4. The van der Waals surface area contributed by atoms with Crippen molar-refractivity contribution in [1.82, 2.24) is 20.6 Å². The Morgan fingerprint density at radius 3 is 2.68 bits per heavy atom. The van der Waals surface area contributed by atoms with Gasteiger partial charge in [-0.15, -0.1) is 5.10 Å². The number of aromatic nitrogens is 3. The Morgan fingerprint density at radius 2 is 1.89 bits per heavy atom. The molecule has 0 aliphatic rings. The van der Waals surface area contributed by atoms with Gasteiger partial charge in [-0.1, -0.05) is 30.3 Å². The third-order valence-electron chi connectivity index (χ3n) is 3.37. The van der Waals surface area contributed by atoms with Crippen LogP contribution in [-0.2, 0) is 4.79 Å². The highest BCUT2D eigenvalue weighted by molar-refractivity contribution is 5.84. The number of ether oxygens (including phenoxy) is 1. The van der Waals surface area contributed by atoms with Gasteiger partial charge in [0.25, 0.3) is 11.5 Å². The van der Waals surface area contributed by atoms with Gasteiger partial charge in [0.2, 0.25) is 5.82 Å². The van der Waals surface area contributed by atoms with Gasteiger partial charge in [-0.3, -0.25) is 14.6 Å². The van der Waals surface area contributed by atoms with Crippen molar-refractivity contribution in [2.24, 2.45) is 5.10 Å². The average molecular weight is 380 g/mol. The summed E-state index contributed by atoms with van der Waals surface area (Å²) in [5.74, 6) is 0.665. The van der Waals surface area contributed by atoms with Crippen molar-refractivity contribution in [3.63, 3.8) is 0 Å². The molecule has 0 bridgehead atoms. The summed E-state index contributed by atoms with van der Waals surface area (Å²) in [6.45, 7) is -0.253. The SMILES string of the molecule is O=C(CNc1n[nH]c(=O)[nH]c1=O)N/N=C/c1cccc(Oc2ccccc2)c1. The molecule has 0 unspecified atom stereocenters. The predicted molar refractivity (Wildman–Crippen MR) is 103 cm³/mol. The molecule has 4 N–H and O–H groups in total. The Kier molecular flexibility index (Phi) is 5.93. The molecular weight excluding hydrogens is 364 g/mol. The second-order valence-electron chi connectivity index (χ2n) is 5.49. The lowest BCUT2D eigenvalue weighted by atomic mass is 10.2. The van der Waals surface area contributed by atoms with Gasteiger partial charge in [0.05, 0.1) is 12.8 Å². The number of H-pyrrole nitrogens is 2. The first kappa shape index (κ1) is 18.6. The minimum Gasteiger partial charge on any atom is -0.457 e. The zero-order valence-electron chi connectivity index (χ0n) is 14.5. The fraction of sp³-hybridized carbons (Fsp3) is 0.0556. The highest BCUT2D eigenvalue weighted by Gasteiger charge is 2.04. The maximum Gasteiger partial charge on any atom is 0.342 e. The second kappa shape index (κ2) is 8.94. The number of para-hydroxylation sites is 1. The number of carbonyl (C=O) groups is 1. The van der Waals surface area contributed by atoms with E-state index in [1.165, 1.54) is 6.21 Å². The Bertz CT molecular complexity index is 1090.